The number of hydrogen-bond acceptors (Lipinski definition) is 5. The third kappa shape index (κ3) is 5.46. The quantitative estimate of drug-likeness (QED) is 0.277. The molecule has 9 heteroatoms. The van der Waals surface area contributed by atoms with Crippen molar-refractivity contribution in [2.24, 2.45) is 5.10 Å². The molecule has 0 saturated carbocycles. The predicted molar refractivity (Wildman–Crippen MR) is 146 cm³/mol. The maximum atomic E-state index is 13.3. The molecular weight excluding hydrogens is 486 g/mol. The Kier molecular flexibility index (Phi) is 7.54. The number of hydrogen-bond donors (Lipinski definition) is 1. The van der Waals surface area contributed by atoms with Crippen molar-refractivity contribution in [1.82, 2.24) is 15.0 Å². The molecule has 8 nitrogen and oxygen atoms in total. The summed E-state index contributed by atoms with van der Waals surface area (Å²) in [7, 11) is -4.02. The van der Waals surface area contributed by atoms with Crippen LogP contribution in [0.4, 0.5) is 5.82 Å². The number of para-hydroxylation sites is 1. The van der Waals surface area contributed by atoms with Gasteiger partial charge in [0.05, 0.1) is 16.8 Å². The first-order valence-corrected chi connectivity index (χ1v) is 13.2. The van der Waals surface area contributed by atoms with E-state index < -0.39 is 22.5 Å². The van der Waals surface area contributed by atoms with Gasteiger partial charge in [-0.05, 0) is 69.2 Å². The highest BCUT2D eigenvalue weighted by atomic mass is 32.2. The summed E-state index contributed by atoms with van der Waals surface area (Å²) in [5.41, 5.74) is 8.77. The van der Waals surface area contributed by atoms with E-state index in [0.29, 0.717) is 0 Å². The van der Waals surface area contributed by atoms with Crippen LogP contribution in [0.3, 0.4) is 0 Å². The normalized spacial score (nSPS) is 11.6. The molecule has 0 aliphatic carbocycles. The monoisotopic (exact) mass is 515 g/mol. The van der Waals surface area contributed by atoms with E-state index in [-0.39, 0.29) is 10.7 Å². The predicted octanol–water partition coefficient (Wildman–Crippen LogP) is 4.45. The highest BCUT2D eigenvalue weighted by molar-refractivity contribution is 7.92. The topological polar surface area (TPSA) is 96.7 Å². The minimum atomic E-state index is -4.02. The lowest BCUT2D eigenvalue weighted by Crippen LogP contribution is -2.40. The van der Waals surface area contributed by atoms with Gasteiger partial charge in [-0.3, -0.25) is 4.79 Å². The second-order valence-electron chi connectivity index (χ2n) is 8.71. The lowest BCUT2D eigenvalue weighted by molar-refractivity contribution is -0.119. The van der Waals surface area contributed by atoms with Crippen molar-refractivity contribution in [2.75, 3.05) is 10.8 Å². The molecule has 2 aromatic heterocycles. The Bertz CT molecular complexity index is 1530. The summed E-state index contributed by atoms with van der Waals surface area (Å²) in [4.78, 5) is 17.0. The van der Waals surface area contributed by atoms with E-state index in [9.17, 15) is 13.2 Å². The second kappa shape index (κ2) is 10.8. The van der Waals surface area contributed by atoms with Crippen LogP contribution in [0.15, 0.2) is 89.0 Å². The molecular formula is C28H29N5O3S. The van der Waals surface area contributed by atoms with Crippen LogP contribution in [0.2, 0.25) is 0 Å². The van der Waals surface area contributed by atoms with Crippen molar-refractivity contribution in [3.8, 4) is 5.69 Å². The maximum absolute atomic E-state index is 13.3. The molecule has 0 aliphatic heterocycles. The number of sulfonamides is 1. The van der Waals surface area contributed by atoms with Crippen molar-refractivity contribution in [1.29, 1.82) is 0 Å². The number of amides is 1. The van der Waals surface area contributed by atoms with Crippen LogP contribution in [0, 0.1) is 27.7 Å². The number of rotatable bonds is 8. The Morgan fingerprint density at radius 3 is 2.30 bits per heavy atom. The number of nitrogens with one attached hydrogen (secondary N) is 1. The summed E-state index contributed by atoms with van der Waals surface area (Å²) in [6, 6.07) is 21.0. The van der Waals surface area contributed by atoms with Crippen molar-refractivity contribution < 1.29 is 13.2 Å². The molecule has 0 unspecified atom stereocenters. The van der Waals surface area contributed by atoms with Crippen LogP contribution in [0.5, 0.6) is 0 Å². The molecule has 0 spiro atoms. The van der Waals surface area contributed by atoms with Gasteiger partial charge in [-0.25, -0.2) is 23.1 Å². The number of hydrazone groups is 1. The number of nitrogens with zero attached hydrogens (tertiary/aromatic N) is 4. The van der Waals surface area contributed by atoms with Crippen LogP contribution in [-0.4, -0.2) is 36.6 Å². The lowest BCUT2D eigenvalue weighted by atomic mass is 10.1. The molecule has 0 atom stereocenters. The van der Waals surface area contributed by atoms with E-state index in [1.165, 1.54) is 18.3 Å². The summed E-state index contributed by atoms with van der Waals surface area (Å²) in [6.45, 7) is 7.69. The van der Waals surface area contributed by atoms with E-state index in [0.717, 1.165) is 38.1 Å². The summed E-state index contributed by atoms with van der Waals surface area (Å²) in [5.74, 6) is -0.451. The largest absolute Gasteiger partial charge is 0.317 e. The van der Waals surface area contributed by atoms with Crippen molar-refractivity contribution in [3.63, 3.8) is 0 Å². The van der Waals surface area contributed by atoms with E-state index in [1.807, 2.05) is 26.0 Å². The van der Waals surface area contributed by atoms with Gasteiger partial charge in [-0.1, -0.05) is 42.5 Å². The van der Waals surface area contributed by atoms with Gasteiger partial charge in [0.1, 0.15) is 12.4 Å². The molecule has 4 aromatic rings. The van der Waals surface area contributed by atoms with E-state index in [4.69, 9.17) is 0 Å². The molecule has 1 N–H and O–H groups in total. The number of pyridine rings is 1. The van der Waals surface area contributed by atoms with Crippen molar-refractivity contribution >= 4 is 28.0 Å². The highest BCUT2D eigenvalue weighted by Gasteiger charge is 2.27. The smallest absolute Gasteiger partial charge is 0.265 e. The fourth-order valence-electron chi connectivity index (χ4n) is 4.27. The maximum Gasteiger partial charge on any atom is 0.265 e. The fourth-order valence-corrected chi connectivity index (χ4v) is 5.67. The van der Waals surface area contributed by atoms with Gasteiger partial charge in [0, 0.05) is 23.1 Å². The van der Waals surface area contributed by atoms with Gasteiger partial charge in [0.25, 0.3) is 15.9 Å². The molecule has 1 amide bonds. The van der Waals surface area contributed by atoms with Crippen molar-refractivity contribution in [2.45, 2.75) is 32.6 Å². The molecule has 0 saturated heterocycles. The van der Waals surface area contributed by atoms with E-state index in [1.54, 1.807) is 42.6 Å². The van der Waals surface area contributed by atoms with Crippen LogP contribution < -0.4 is 9.73 Å². The molecule has 0 radical (unpaired) electrons. The van der Waals surface area contributed by atoms with Crippen LogP contribution in [0.25, 0.3) is 5.69 Å². The Morgan fingerprint density at radius 2 is 1.65 bits per heavy atom. The zero-order valence-corrected chi connectivity index (χ0v) is 22.0. The zero-order chi connectivity index (χ0) is 26.6. The van der Waals surface area contributed by atoms with Gasteiger partial charge in [0.15, 0.2) is 0 Å². The Morgan fingerprint density at radius 1 is 0.973 bits per heavy atom. The number of benzene rings is 2. The van der Waals surface area contributed by atoms with Crippen LogP contribution in [0.1, 0.15) is 28.1 Å². The van der Waals surface area contributed by atoms with E-state index in [2.05, 4.69) is 46.1 Å². The Hall–Kier alpha value is -4.24. The minimum absolute atomic E-state index is 0.0656. The summed E-state index contributed by atoms with van der Waals surface area (Å²) < 4.78 is 29.7. The highest BCUT2D eigenvalue weighted by Crippen LogP contribution is 2.25. The van der Waals surface area contributed by atoms with E-state index >= 15 is 0 Å². The molecule has 0 bridgehead atoms. The summed E-state index contributed by atoms with van der Waals surface area (Å²) in [5, 5.41) is 4.12. The molecule has 0 fully saturated rings. The SMILES string of the molecule is Cc1cccc(C)c1-n1c(C)cc(/C=N\NC(=O)CN(c2ccccn2)S(=O)(=O)c2ccccc2)c1C. The number of aromatic nitrogens is 2. The standard InChI is InChI=1S/C28H29N5O3S/c1-20-11-10-12-21(2)28(20)33-22(3)17-24(23(33)4)18-30-31-27(34)19-32(26-15-8-9-16-29-26)37(35,36)25-13-6-5-7-14-25/h5-18H,19H2,1-4H3,(H,31,34)/b30-18-. The zero-order valence-electron chi connectivity index (χ0n) is 21.2. The number of carbonyl (C=O) groups excluding carboxylic acids is 1. The Balaban J connectivity index is 1.55. The molecule has 2 aromatic carbocycles. The molecule has 4 rings (SSSR count). The van der Waals surface area contributed by atoms with Gasteiger partial charge in [0.2, 0.25) is 0 Å². The third-order valence-corrected chi connectivity index (χ3v) is 7.81. The molecule has 0 aliphatic rings. The number of anilines is 1. The first-order valence-electron chi connectivity index (χ1n) is 11.8. The summed E-state index contributed by atoms with van der Waals surface area (Å²) >= 11 is 0. The van der Waals surface area contributed by atoms with Crippen LogP contribution in [-0.2, 0) is 14.8 Å². The molecule has 190 valence electrons. The van der Waals surface area contributed by atoms with Crippen molar-refractivity contribution in [3.05, 3.63) is 107 Å². The minimum Gasteiger partial charge on any atom is -0.317 e. The molecule has 37 heavy (non-hydrogen) atoms. The van der Waals surface area contributed by atoms with Crippen LogP contribution >= 0.6 is 0 Å². The first-order chi connectivity index (χ1) is 17.7. The average molecular weight is 516 g/mol. The molecule has 2 heterocycles. The number of carbonyl (C=O) groups is 1. The van der Waals surface area contributed by atoms with Gasteiger partial charge in [-0.2, -0.15) is 5.10 Å². The van der Waals surface area contributed by atoms with Gasteiger partial charge < -0.3 is 4.57 Å². The van der Waals surface area contributed by atoms with Gasteiger partial charge >= 0.3 is 0 Å². The lowest BCUT2D eigenvalue weighted by Gasteiger charge is -2.22. The second-order valence-corrected chi connectivity index (χ2v) is 10.6. The third-order valence-electron chi connectivity index (χ3n) is 6.05. The number of aryl methyl sites for hydroxylation is 3. The first kappa shape index (κ1) is 25.8. The average Bonchev–Trinajstić information content (AvgIpc) is 3.16. The summed E-state index contributed by atoms with van der Waals surface area (Å²) in [6.07, 6.45) is 3.05. The Labute approximate surface area is 217 Å². The fraction of sp³-hybridized carbons (Fsp3) is 0.179. The van der Waals surface area contributed by atoms with Gasteiger partial charge in [-0.15, -0.1) is 0 Å².